The van der Waals surface area contributed by atoms with Crippen LogP contribution in [-0.2, 0) is 9.53 Å². The van der Waals surface area contributed by atoms with Crippen LogP contribution < -0.4 is 15.8 Å². The summed E-state index contributed by atoms with van der Waals surface area (Å²) in [7, 11) is 1.52. The monoisotopic (exact) mass is 345 g/mol. The zero-order valence-corrected chi connectivity index (χ0v) is 13.2. The van der Waals surface area contributed by atoms with Gasteiger partial charge in [0.15, 0.2) is 6.61 Å². The Bertz CT molecular complexity index is 804. The SMILES string of the molecule is COc1ccc(NC(=O)COC(=O)c2ccc(N)c([N+](=O)[O-])c2)cc1. The molecule has 9 heteroatoms. The summed E-state index contributed by atoms with van der Waals surface area (Å²) >= 11 is 0. The maximum atomic E-state index is 11.9. The summed E-state index contributed by atoms with van der Waals surface area (Å²) < 4.78 is 9.84. The summed E-state index contributed by atoms with van der Waals surface area (Å²) in [4.78, 5) is 33.8. The van der Waals surface area contributed by atoms with Crippen molar-refractivity contribution >= 4 is 28.9 Å². The highest BCUT2D eigenvalue weighted by atomic mass is 16.6. The van der Waals surface area contributed by atoms with Crippen LogP contribution >= 0.6 is 0 Å². The van der Waals surface area contributed by atoms with Gasteiger partial charge in [-0.1, -0.05) is 0 Å². The number of nitrogens with zero attached hydrogens (tertiary/aromatic N) is 1. The van der Waals surface area contributed by atoms with E-state index in [0.717, 1.165) is 6.07 Å². The lowest BCUT2D eigenvalue weighted by Gasteiger charge is -2.07. The number of hydrogen-bond acceptors (Lipinski definition) is 7. The Balaban J connectivity index is 1.93. The van der Waals surface area contributed by atoms with Gasteiger partial charge in [0.05, 0.1) is 17.6 Å². The van der Waals surface area contributed by atoms with Crippen molar-refractivity contribution in [1.82, 2.24) is 0 Å². The van der Waals surface area contributed by atoms with Gasteiger partial charge < -0.3 is 20.5 Å². The first kappa shape index (κ1) is 17.7. The fraction of sp³-hybridized carbons (Fsp3) is 0.125. The van der Waals surface area contributed by atoms with Crippen LogP contribution in [0.2, 0.25) is 0 Å². The van der Waals surface area contributed by atoms with Crippen molar-refractivity contribution in [2.45, 2.75) is 0 Å². The molecular weight excluding hydrogens is 330 g/mol. The van der Waals surface area contributed by atoms with Crippen molar-refractivity contribution in [3.63, 3.8) is 0 Å². The van der Waals surface area contributed by atoms with E-state index in [1.54, 1.807) is 24.3 Å². The number of nitrogen functional groups attached to an aromatic ring is 1. The van der Waals surface area contributed by atoms with Crippen LogP contribution in [0.5, 0.6) is 5.75 Å². The third kappa shape index (κ3) is 4.67. The molecule has 2 rings (SSSR count). The summed E-state index contributed by atoms with van der Waals surface area (Å²) in [6.07, 6.45) is 0. The van der Waals surface area contributed by atoms with Gasteiger partial charge in [-0.15, -0.1) is 0 Å². The van der Waals surface area contributed by atoms with Gasteiger partial charge in [-0.3, -0.25) is 14.9 Å². The summed E-state index contributed by atoms with van der Waals surface area (Å²) in [5.74, 6) is -0.786. The molecule has 0 aliphatic carbocycles. The lowest BCUT2D eigenvalue weighted by molar-refractivity contribution is -0.383. The molecule has 0 unspecified atom stereocenters. The number of rotatable bonds is 6. The molecule has 0 saturated heterocycles. The first-order chi connectivity index (χ1) is 11.9. The molecule has 0 heterocycles. The van der Waals surface area contributed by atoms with Crippen LogP contribution in [0.3, 0.4) is 0 Å². The lowest BCUT2D eigenvalue weighted by Crippen LogP contribution is -2.21. The zero-order valence-electron chi connectivity index (χ0n) is 13.2. The maximum Gasteiger partial charge on any atom is 0.338 e. The number of anilines is 2. The van der Waals surface area contributed by atoms with Gasteiger partial charge >= 0.3 is 5.97 Å². The van der Waals surface area contributed by atoms with Gasteiger partial charge in [0.25, 0.3) is 11.6 Å². The molecule has 0 aliphatic rings. The molecule has 130 valence electrons. The average molecular weight is 345 g/mol. The number of amides is 1. The fourth-order valence-electron chi connectivity index (χ4n) is 1.91. The van der Waals surface area contributed by atoms with Crippen molar-refractivity contribution in [3.8, 4) is 5.75 Å². The highest BCUT2D eigenvalue weighted by Gasteiger charge is 2.17. The minimum Gasteiger partial charge on any atom is -0.497 e. The molecular formula is C16H15N3O6. The van der Waals surface area contributed by atoms with Crippen LogP contribution in [0.25, 0.3) is 0 Å². The van der Waals surface area contributed by atoms with Gasteiger partial charge in [0.1, 0.15) is 11.4 Å². The molecule has 0 fully saturated rings. The Morgan fingerprint density at radius 1 is 1.20 bits per heavy atom. The predicted molar refractivity (Wildman–Crippen MR) is 89.4 cm³/mol. The second kappa shape index (κ2) is 7.77. The topological polar surface area (TPSA) is 134 Å². The molecule has 0 saturated carbocycles. The van der Waals surface area contributed by atoms with E-state index in [1.807, 2.05) is 0 Å². The number of nitrogens with two attached hydrogens (primary N) is 1. The van der Waals surface area contributed by atoms with E-state index in [-0.39, 0.29) is 11.3 Å². The maximum absolute atomic E-state index is 11.9. The number of benzene rings is 2. The van der Waals surface area contributed by atoms with Gasteiger partial charge in [0.2, 0.25) is 0 Å². The number of carbonyl (C=O) groups is 2. The minimum atomic E-state index is -0.868. The molecule has 3 N–H and O–H groups in total. The Morgan fingerprint density at radius 2 is 1.88 bits per heavy atom. The van der Waals surface area contributed by atoms with Crippen molar-refractivity contribution in [1.29, 1.82) is 0 Å². The van der Waals surface area contributed by atoms with Gasteiger partial charge in [-0.05, 0) is 36.4 Å². The third-order valence-corrected chi connectivity index (χ3v) is 3.17. The van der Waals surface area contributed by atoms with Crippen molar-refractivity contribution in [2.24, 2.45) is 0 Å². The normalized spacial score (nSPS) is 9.96. The lowest BCUT2D eigenvalue weighted by atomic mass is 10.2. The molecule has 0 radical (unpaired) electrons. The Labute approximate surface area is 142 Å². The molecule has 2 aromatic carbocycles. The smallest absolute Gasteiger partial charge is 0.338 e. The summed E-state index contributed by atoms with van der Waals surface area (Å²) in [6, 6.07) is 10.1. The van der Waals surface area contributed by atoms with Crippen LogP contribution in [0.4, 0.5) is 17.1 Å². The fourth-order valence-corrected chi connectivity index (χ4v) is 1.91. The average Bonchev–Trinajstić information content (AvgIpc) is 2.60. The molecule has 0 aliphatic heterocycles. The highest BCUT2D eigenvalue weighted by molar-refractivity contribution is 5.96. The number of esters is 1. The van der Waals surface area contributed by atoms with Crippen LogP contribution in [-0.4, -0.2) is 30.5 Å². The highest BCUT2D eigenvalue weighted by Crippen LogP contribution is 2.22. The van der Waals surface area contributed by atoms with Crippen LogP contribution in [0.15, 0.2) is 42.5 Å². The summed E-state index contributed by atoms with van der Waals surface area (Å²) in [6.45, 7) is -0.539. The van der Waals surface area contributed by atoms with E-state index >= 15 is 0 Å². The van der Waals surface area contributed by atoms with Crippen LogP contribution in [0.1, 0.15) is 10.4 Å². The van der Waals surface area contributed by atoms with Crippen molar-refractivity contribution in [3.05, 3.63) is 58.1 Å². The summed E-state index contributed by atoms with van der Waals surface area (Å²) in [5, 5.41) is 13.4. The number of methoxy groups -OCH3 is 1. The van der Waals surface area contributed by atoms with E-state index in [9.17, 15) is 19.7 Å². The predicted octanol–water partition coefficient (Wildman–Crippen LogP) is 1.98. The zero-order chi connectivity index (χ0) is 18.4. The quantitative estimate of drug-likeness (QED) is 0.354. The first-order valence-corrected chi connectivity index (χ1v) is 7.05. The summed E-state index contributed by atoms with van der Waals surface area (Å²) in [5.41, 5.74) is 5.41. The number of nitro benzene ring substituents is 1. The third-order valence-electron chi connectivity index (χ3n) is 3.17. The molecule has 0 aromatic heterocycles. The number of nitro groups is 1. The molecule has 0 bridgehead atoms. The molecule has 2 aromatic rings. The van der Waals surface area contributed by atoms with Gasteiger partial charge in [0, 0.05) is 11.8 Å². The molecule has 1 amide bonds. The van der Waals surface area contributed by atoms with E-state index in [4.69, 9.17) is 15.2 Å². The second-order valence-corrected chi connectivity index (χ2v) is 4.88. The number of carbonyl (C=O) groups excluding carboxylic acids is 2. The number of ether oxygens (including phenoxy) is 2. The van der Waals surface area contributed by atoms with E-state index < -0.39 is 29.1 Å². The van der Waals surface area contributed by atoms with Crippen LogP contribution in [0, 0.1) is 10.1 Å². The Kier molecular flexibility index (Phi) is 5.51. The second-order valence-electron chi connectivity index (χ2n) is 4.88. The molecule has 25 heavy (non-hydrogen) atoms. The Hall–Kier alpha value is -3.62. The van der Waals surface area contributed by atoms with Gasteiger partial charge in [-0.25, -0.2) is 4.79 Å². The van der Waals surface area contributed by atoms with Crippen molar-refractivity contribution in [2.75, 3.05) is 24.8 Å². The van der Waals surface area contributed by atoms with Gasteiger partial charge in [-0.2, -0.15) is 0 Å². The van der Waals surface area contributed by atoms with E-state index in [1.165, 1.54) is 19.2 Å². The largest absolute Gasteiger partial charge is 0.497 e. The Morgan fingerprint density at radius 3 is 2.48 bits per heavy atom. The van der Waals surface area contributed by atoms with Crippen molar-refractivity contribution < 1.29 is 24.0 Å². The molecule has 0 spiro atoms. The first-order valence-electron chi connectivity index (χ1n) is 7.05. The molecule has 9 nitrogen and oxygen atoms in total. The molecule has 0 atom stereocenters. The number of nitrogens with one attached hydrogen (secondary N) is 1. The number of hydrogen-bond donors (Lipinski definition) is 2. The van der Waals surface area contributed by atoms with E-state index in [0.29, 0.717) is 11.4 Å². The van der Waals surface area contributed by atoms with E-state index in [2.05, 4.69) is 5.32 Å². The minimum absolute atomic E-state index is 0.0706. The standard InChI is InChI=1S/C16H15N3O6/c1-24-12-5-3-11(4-6-12)18-15(20)9-25-16(21)10-2-7-13(17)14(8-10)19(22)23/h2-8H,9,17H2,1H3,(H,18,20).